The van der Waals surface area contributed by atoms with E-state index in [1.807, 2.05) is 0 Å². The standard InChI is InChI=1S/C20H21F3N4O/c1-19(2)17(28)27(4)18(24)26-20(19,3)13-10-12(6-8-14(13)22)25-16-9-11(21)5-7-15(16)23/h5-10,25H,1-4H3,(H2,24,26)/t20-/m1/s1. The molecule has 1 aliphatic rings. The lowest BCUT2D eigenvalue weighted by atomic mass is 9.67. The third-order valence-electron chi connectivity index (χ3n) is 5.44. The Kier molecular flexibility index (Phi) is 4.61. The Labute approximate surface area is 161 Å². The number of amides is 1. The topological polar surface area (TPSA) is 70.7 Å². The molecule has 5 nitrogen and oxygen atoms in total. The first-order chi connectivity index (χ1) is 13.0. The van der Waals surface area contributed by atoms with Gasteiger partial charge in [-0.3, -0.25) is 9.69 Å². The summed E-state index contributed by atoms with van der Waals surface area (Å²) in [6, 6.07) is 7.00. The van der Waals surface area contributed by atoms with Gasteiger partial charge in [0, 0.05) is 24.4 Å². The Morgan fingerprint density at radius 1 is 1.04 bits per heavy atom. The van der Waals surface area contributed by atoms with Gasteiger partial charge in [0.25, 0.3) is 0 Å². The minimum absolute atomic E-state index is 0.0271. The van der Waals surface area contributed by atoms with Crippen LogP contribution in [0.4, 0.5) is 24.5 Å². The number of halogens is 3. The lowest BCUT2D eigenvalue weighted by Gasteiger charge is -2.46. The van der Waals surface area contributed by atoms with Crippen LogP contribution in [0.5, 0.6) is 0 Å². The summed E-state index contributed by atoms with van der Waals surface area (Å²) in [6.07, 6.45) is 0. The van der Waals surface area contributed by atoms with Crippen LogP contribution in [0.3, 0.4) is 0 Å². The van der Waals surface area contributed by atoms with Crippen LogP contribution in [0.15, 0.2) is 41.4 Å². The average molecular weight is 390 g/mol. The first-order valence-corrected chi connectivity index (χ1v) is 8.63. The summed E-state index contributed by atoms with van der Waals surface area (Å²) in [4.78, 5) is 18.4. The number of carbonyl (C=O) groups is 1. The van der Waals surface area contributed by atoms with E-state index in [0.29, 0.717) is 5.69 Å². The van der Waals surface area contributed by atoms with E-state index >= 15 is 0 Å². The van der Waals surface area contributed by atoms with Crippen LogP contribution in [-0.4, -0.2) is 23.8 Å². The fourth-order valence-corrected chi connectivity index (χ4v) is 3.30. The fraction of sp³-hybridized carbons (Fsp3) is 0.300. The minimum atomic E-state index is -1.30. The number of hydrogen-bond donors (Lipinski definition) is 2. The van der Waals surface area contributed by atoms with Crippen LogP contribution >= 0.6 is 0 Å². The van der Waals surface area contributed by atoms with E-state index in [4.69, 9.17) is 5.73 Å². The molecular weight excluding hydrogens is 369 g/mol. The van der Waals surface area contributed by atoms with Gasteiger partial charge in [0.1, 0.15) is 23.0 Å². The predicted octanol–water partition coefficient (Wildman–Crippen LogP) is 3.88. The molecule has 28 heavy (non-hydrogen) atoms. The molecule has 2 aromatic rings. The molecule has 8 heteroatoms. The Balaban J connectivity index is 2.11. The Hall–Kier alpha value is -3.03. The monoisotopic (exact) mass is 390 g/mol. The molecule has 1 atom stereocenters. The van der Waals surface area contributed by atoms with Crippen LogP contribution in [0.1, 0.15) is 26.3 Å². The van der Waals surface area contributed by atoms with Gasteiger partial charge in [0.15, 0.2) is 5.96 Å². The van der Waals surface area contributed by atoms with Gasteiger partial charge in [-0.05, 0) is 51.1 Å². The SMILES string of the molecule is CN1C(=O)C(C)(C)[C@@](C)(c2cc(Nc3cc(F)ccc3F)ccc2F)N=C1N. The highest BCUT2D eigenvalue weighted by molar-refractivity contribution is 6.01. The Morgan fingerprint density at radius 2 is 1.68 bits per heavy atom. The number of nitrogens with one attached hydrogen (secondary N) is 1. The third kappa shape index (κ3) is 2.98. The highest BCUT2D eigenvalue weighted by atomic mass is 19.1. The number of anilines is 2. The van der Waals surface area contributed by atoms with Crippen LogP contribution in [0.2, 0.25) is 0 Å². The molecule has 0 saturated heterocycles. The molecule has 3 N–H and O–H groups in total. The first-order valence-electron chi connectivity index (χ1n) is 8.63. The second-order valence-electron chi connectivity index (χ2n) is 7.48. The van der Waals surface area contributed by atoms with Gasteiger partial charge in [-0.1, -0.05) is 0 Å². The van der Waals surface area contributed by atoms with E-state index in [-0.39, 0.29) is 23.1 Å². The Morgan fingerprint density at radius 3 is 2.36 bits per heavy atom. The maximum Gasteiger partial charge on any atom is 0.237 e. The van der Waals surface area contributed by atoms with Crippen molar-refractivity contribution in [3.8, 4) is 0 Å². The van der Waals surface area contributed by atoms with Crippen LogP contribution in [-0.2, 0) is 10.3 Å². The maximum absolute atomic E-state index is 14.8. The normalized spacial score (nSPS) is 21.5. The summed E-state index contributed by atoms with van der Waals surface area (Å²) < 4.78 is 42.2. The van der Waals surface area contributed by atoms with E-state index < -0.39 is 28.4 Å². The second-order valence-corrected chi connectivity index (χ2v) is 7.48. The summed E-state index contributed by atoms with van der Waals surface area (Å²) >= 11 is 0. The molecule has 2 aromatic carbocycles. The van der Waals surface area contributed by atoms with Gasteiger partial charge in [-0.2, -0.15) is 0 Å². The maximum atomic E-state index is 14.8. The molecule has 0 aliphatic carbocycles. The van der Waals surface area contributed by atoms with Crippen molar-refractivity contribution in [1.82, 2.24) is 4.90 Å². The molecule has 0 unspecified atom stereocenters. The molecule has 0 radical (unpaired) electrons. The number of benzene rings is 2. The highest BCUT2D eigenvalue weighted by Crippen LogP contribution is 2.47. The molecule has 1 heterocycles. The number of hydrogen-bond acceptors (Lipinski definition) is 4. The van der Waals surface area contributed by atoms with E-state index in [1.165, 1.54) is 30.1 Å². The Bertz CT molecular complexity index is 989. The zero-order chi connectivity index (χ0) is 20.9. The predicted molar refractivity (Wildman–Crippen MR) is 102 cm³/mol. The molecule has 1 amide bonds. The molecule has 0 bridgehead atoms. The van der Waals surface area contributed by atoms with Crippen molar-refractivity contribution in [3.05, 3.63) is 59.4 Å². The molecular formula is C20H21F3N4O. The highest BCUT2D eigenvalue weighted by Gasteiger charge is 2.53. The average Bonchev–Trinajstić information content (AvgIpc) is 2.63. The zero-order valence-corrected chi connectivity index (χ0v) is 16.0. The molecule has 0 fully saturated rings. The molecule has 3 rings (SSSR count). The van der Waals surface area contributed by atoms with Crippen LogP contribution in [0, 0.1) is 22.9 Å². The molecule has 0 spiro atoms. The smallest absolute Gasteiger partial charge is 0.237 e. The summed E-state index contributed by atoms with van der Waals surface area (Å²) in [6.45, 7) is 4.94. The van der Waals surface area contributed by atoms with Crippen molar-refractivity contribution < 1.29 is 18.0 Å². The van der Waals surface area contributed by atoms with Crippen molar-refractivity contribution in [1.29, 1.82) is 0 Å². The third-order valence-corrected chi connectivity index (χ3v) is 5.44. The van der Waals surface area contributed by atoms with E-state index in [9.17, 15) is 18.0 Å². The van der Waals surface area contributed by atoms with Crippen molar-refractivity contribution >= 4 is 23.2 Å². The van der Waals surface area contributed by atoms with Crippen LogP contribution in [0.25, 0.3) is 0 Å². The quantitative estimate of drug-likeness (QED) is 0.836. The molecule has 0 saturated carbocycles. The summed E-state index contributed by atoms with van der Waals surface area (Å²) in [7, 11) is 1.50. The lowest BCUT2D eigenvalue weighted by Crippen LogP contribution is -2.58. The van der Waals surface area contributed by atoms with E-state index in [2.05, 4.69) is 10.3 Å². The van der Waals surface area contributed by atoms with Gasteiger partial charge in [0.05, 0.1) is 11.1 Å². The van der Waals surface area contributed by atoms with Gasteiger partial charge in [-0.15, -0.1) is 0 Å². The van der Waals surface area contributed by atoms with Crippen LogP contribution < -0.4 is 11.1 Å². The molecule has 148 valence electrons. The van der Waals surface area contributed by atoms with E-state index in [1.54, 1.807) is 20.8 Å². The van der Waals surface area contributed by atoms with Crippen molar-refractivity contribution in [2.75, 3.05) is 12.4 Å². The number of nitrogens with two attached hydrogens (primary N) is 1. The van der Waals surface area contributed by atoms with Crippen molar-refractivity contribution in [2.24, 2.45) is 16.1 Å². The van der Waals surface area contributed by atoms with Crippen molar-refractivity contribution in [2.45, 2.75) is 26.3 Å². The zero-order valence-electron chi connectivity index (χ0n) is 16.0. The largest absolute Gasteiger partial charge is 0.369 e. The number of rotatable bonds is 3. The fourth-order valence-electron chi connectivity index (χ4n) is 3.30. The number of carbonyl (C=O) groups excluding carboxylic acids is 1. The number of guanidine groups is 1. The lowest BCUT2D eigenvalue weighted by molar-refractivity contribution is -0.140. The minimum Gasteiger partial charge on any atom is -0.369 e. The van der Waals surface area contributed by atoms with Gasteiger partial charge < -0.3 is 11.1 Å². The van der Waals surface area contributed by atoms with Gasteiger partial charge in [-0.25, -0.2) is 18.2 Å². The van der Waals surface area contributed by atoms with Gasteiger partial charge in [0.2, 0.25) is 5.91 Å². The second kappa shape index (κ2) is 6.54. The molecule has 1 aliphatic heterocycles. The van der Waals surface area contributed by atoms with E-state index in [0.717, 1.165) is 18.2 Å². The summed E-state index contributed by atoms with van der Waals surface area (Å²) in [5, 5.41) is 2.74. The number of aliphatic imine (C=N–C) groups is 1. The summed E-state index contributed by atoms with van der Waals surface area (Å²) in [5.74, 6) is -2.19. The van der Waals surface area contributed by atoms with Crippen molar-refractivity contribution in [3.63, 3.8) is 0 Å². The summed E-state index contributed by atoms with van der Waals surface area (Å²) in [5.41, 5.74) is 3.81. The molecule has 0 aromatic heterocycles. The number of nitrogens with zero attached hydrogens (tertiary/aromatic N) is 2. The van der Waals surface area contributed by atoms with Gasteiger partial charge >= 0.3 is 0 Å². The first kappa shape index (κ1) is 19.7.